The number of hydrogen-bond acceptors (Lipinski definition) is 6. The van der Waals surface area contributed by atoms with Crippen LogP contribution >= 0.6 is 0 Å². The summed E-state index contributed by atoms with van der Waals surface area (Å²) < 4.78 is 10.8. The third-order valence-corrected chi connectivity index (χ3v) is 6.00. The van der Waals surface area contributed by atoms with Crippen LogP contribution in [-0.2, 0) is 17.6 Å². The smallest absolute Gasteiger partial charge is 0.227 e. The number of hydrogen-bond donors (Lipinski definition) is 0. The van der Waals surface area contributed by atoms with Crippen LogP contribution in [0.4, 0.5) is 0 Å². The number of pyridine rings is 1. The summed E-state index contributed by atoms with van der Waals surface area (Å²) in [5, 5.41) is 4.00. The summed E-state index contributed by atoms with van der Waals surface area (Å²) in [6.07, 6.45) is 8.61. The molecule has 32 heavy (non-hydrogen) atoms. The Hall–Kier alpha value is -3.22. The number of aryl methyl sites for hydroxylation is 2. The molecule has 3 aromatic rings. The molecule has 7 nitrogen and oxygen atoms in total. The molecule has 3 heterocycles. The van der Waals surface area contributed by atoms with E-state index >= 15 is 0 Å². The highest BCUT2D eigenvalue weighted by atomic mass is 16.5. The molecule has 1 aliphatic rings. The topological polar surface area (TPSA) is 81.4 Å². The van der Waals surface area contributed by atoms with Crippen molar-refractivity contribution in [3.63, 3.8) is 0 Å². The number of carbonyl (C=O) groups is 1. The van der Waals surface area contributed by atoms with Crippen molar-refractivity contribution in [3.05, 3.63) is 60.2 Å². The zero-order valence-electron chi connectivity index (χ0n) is 18.6. The van der Waals surface area contributed by atoms with Gasteiger partial charge in [0.15, 0.2) is 0 Å². The largest absolute Gasteiger partial charge is 0.494 e. The average molecular weight is 435 g/mol. The van der Waals surface area contributed by atoms with Crippen LogP contribution in [0.2, 0.25) is 0 Å². The molecule has 0 atom stereocenters. The highest BCUT2D eigenvalue weighted by Gasteiger charge is 2.23. The van der Waals surface area contributed by atoms with Crippen LogP contribution in [0.5, 0.6) is 5.75 Å². The van der Waals surface area contributed by atoms with Crippen molar-refractivity contribution in [2.24, 2.45) is 5.92 Å². The number of rotatable bonds is 9. The van der Waals surface area contributed by atoms with E-state index in [1.807, 2.05) is 36.1 Å². The lowest BCUT2D eigenvalue weighted by molar-refractivity contribution is -0.132. The van der Waals surface area contributed by atoms with Gasteiger partial charge in [0.1, 0.15) is 5.75 Å². The van der Waals surface area contributed by atoms with E-state index in [1.165, 1.54) is 5.56 Å². The van der Waals surface area contributed by atoms with Crippen molar-refractivity contribution in [2.45, 2.75) is 45.4 Å². The van der Waals surface area contributed by atoms with E-state index in [9.17, 15) is 4.79 Å². The van der Waals surface area contributed by atoms with Gasteiger partial charge in [0.05, 0.1) is 6.61 Å². The second kappa shape index (κ2) is 10.9. The molecule has 0 radical (unpaired) electrons. The summed E-state index contributed by atoms with van der Waals surface area (Å²) in [4.78, 5) is 23.0. The summed E-state index contributed by atoms with van der Waals surface area (Å²) in [6.45, 7) is 4.35. The summed E-state index contributed by atoms with van der Waals surface area (Å²) in [5.41, 5.74) is 2.20. The zero-order valence-corrected chi connectivity index (χ0v) is 18.6. The lowest BCUT2D eigenvalue weighted by Crippen LogP contribution is -2.38. The Kier molecular flexibility index (Phi) is 7.48. The SMILES string of the molecule is CCOc1ccc(CCC2CCN(C(=O)CCc3nc(-c4ccncc4)no3)CC2)cc1. The number of nitrogens with zero attached hydrogens (tertiary/aromatic N) is 4. The molecular formula is C25H30N4O3. The summed E-state index contributed by atoms with van der Waals surface area (Å²) in [7, 11) is 0. The van der Waals surface area contributed by atoms with E-state index in [4.69, 9.17) is 9.26 Å². The first kappa shape index (κ1) is 22.0. The van der Waals surface area contributed by atoms with Gasteiger partial charge in [-0.25, -0.2) is 0 Å². The first-order valence-electron chi connectivity index (χ1n) is 11.4. The van der Waals surface area contributed by atoms with E-state index in [0.29, 0.717) is 37.1 Å². The Labute approximate surface area is 188 Å². The van der Waals surface area contributed by atoms with Gasteiger partial charge in [0.25, 0.3) is 0 Å². The number of piperidine rings is 1. The van der Waals surface area contributed by atoms with Gasteiger partial charge in [-0.2, -0.15) is 4.98 Å². The quantitative estimate of drug-likeness (QED) is 0.498. The van der Waals surface area contributed by atoms with Crippen LogP contribution in [0, 0.1) is 5.92 Å². The molecule has 168 valence electrons. The molecule has 0 saturated carbocycles. The van der Waals surface area contributed by atoms with E-state index in [-0.39, 0.29) is 5.91 Å². The summed E-state index contributed by atoms with van der Waals surface area (Å²) in [5.74, 6) is 2.79. The Morgan fingerprint density at radius 3 is 2.56 bits per heavy atom. The van der Waals surface area contributed by atoms with Crippen LogP contribution in [0.15, 0.2) is 53.3 Å². The molecule has 2 aromatic heterocycles. The van der Waals surface area contributed by atoms with Crippen molar-refractivity contribution in [2.75, 3.05) is 19.7 Å². The normalized spacial score (nSPS) is 14.5. The Morgan fingerprint density at radius 2 is 1.84 bits per heavy atom. The molecule has 0 unspecified atom stereocenters. The zero-order chi connectivity index (χ0) is 22.2. The van der Waals surface area contributed by atoms with Gasteiger partial charge in [0, 0.05) is 43.9 Å². The van der Waals surface area contributed by atoms with Crippen molar-refractivity contribution >= 4 is 5.91 Å². The maximum atomic E-state index is 12.6. The lowest BCUT2D eigenvalue weighted by Gasteiger charge is -2.32. The van der Waals surface area contributed by atoms with E-state index in [2.05, 4.69) is 27.3 Å². The molecular weight excluding hydrogens is 404 g/mol. The molecule has 1 aromatic carbocycles. The second-order valence-electron chi connectivity index (χ2n) is 8.19. The molecule has 4 rings (SSSR count). The molecule has 1 amide bonds. The highest BCUT2D eigenvalue weighted by molar-refractivity contribution is 5.76. The van der Waals surface area contributed by atoms with Gasteiger partial charge >= 0.3 is 0 Å². The van der Waals surface area contributed by atoms with Crippen LogP contribution in [0.3, 0.4) is 0 Å². The van der Waals surface area contributed by atoms with Crippen molar-refractivity contribution in [3.8, 4) is 17.1 Å². The van der Waals surface area contributed by atoms with Crippen LogP contribution in [0.1, 0.15) is 44.1 Å². The number of ether oxygens (including phenoxy) is 1. The van der Waals surface area contributed by atoms with Gasteiger partial charge in [-0.1, -0.05) is 17.3 Å². The maximum Gasteiger partial charge on any atom is 0.227 e. The number of amides is 1. The fourth-order valence-corrected chi connectivity index (χ4v) is 4.11. The minimum absolute atomic E-state index is 0.165. The molecule has 0 N–H and O–H groups in total. The third kappa shape index (κ3) is 5.93. The number of carbonyl (C=O) groups excluding carboxylic acids is 1. The average Bonchev–Trinajstić information content (AvgIpc) is 3.32. The Balaban J connectivity index is 1.17. The monoisotopic (exact) mass is 434 g/mol. The fraction of sp³-hybridized carbons (Fsp3) is 0.440. The van der Waals surface area contributed by atoms with Crippen molar-refractivity contribution in [1.82, 2.24) is 20.0 Å². The van der Waals surface area contributed by atoms with Crippen LogP contribution in [-0.4, -0.2) is 45.6 Å². The van der Waals surface area contributed by atoms with Crippen molar-refractivity contribution < 1.29 is 14.1 Å². The molecule has 1 aliphatic heterocycles. The first-order valence-corrected chi connectivity index (χ1v) is 11.4. The Morgan fingerprint density at radius 1 is 1.09 bits per heavy atom. The summed E-state index contributed by atoms with van der Waals surface area (Å²) in [6, 6.07) is 12.1. The highest BCUT2D eigenvalue weighted by Crippen LogP contribution is 2.24. The summed E-state index contributed by atoms with van der Waals surface area (Å²) >= 11 is 0. The molecule has 7 heteroatoms. The van der Waals surface area contributed by atoms with E-state index < -0.39 is 0 Å². The number of aromatic nitrogens is 3. The predicted octanol–water partition coefficient (Wildman–Crippen LogP) is 4.33. The standard InChI is InChI=1S/C25H30N4O3/c1-2-31-22-7-5-19(6-8-22)3-4-20-13-17-29(18-14-20)24(30)10-9-23-27-25(28-32-23)21-11-15-26-16-12-21/h5-8,11-12,15-16,20H,2-4,9-10,13-14,17-18H2,1H3. The van der Waals surface area contributed by atoms with Crippen LogP contribution in [0.25, 0.3) is 11.4 Å². The van der Waals surface area contributed by atoms with Gasteiger partial charge in [-0.15, -0.1) is 0 Å². The number of benzene rings is 1. The molecule has 0 spiro atoms. The molecule has 0 aliphatic carbocycles. The molecule has 1 fully saturated rings. The lowest BCUT2D eigenvalue weighted by atomic mass is 9.90. The maximum absolute atomic E-state index is 12.6. The predicted molar refractivity (Wildman–Crippen MR) is 121 cm³/mol. The van der Waals surface area contributed by atoms with Gasteiger partial charge < -0.3 is 14.2 Å². The van der Waals surface area contributed by atoms with Gasteiger partial charge in [0.2, 0.25) is 17.6 Å². The number of likely N-dealkylation sites (tertiary alicyclic amines) is 1. The van der Waals surface area contributed by atoms with Gasteiger partial charge in [-0.05, 0) is 68.4 Å². The van der Waals surface area contributed by atoms with E-state index in [0.717, 1.165) is 50.1 Å². The van der Waals surface area contributed by atoms with Gasteiger partial charge in [-0.3, -0.25) is 9.78 Å². The van der Waals surface area contributed by atoms with Crippen molar-refractivity contribution in [1.29, 1.82) is 0 Å². The van der Waals surface area contributed by atoms with E-state index in [1.54, 1.807) is 12.4 Å². The Bertz CT molecular complexity index is 980. The minimum atomic E-state index is 0.165. The van der Waals surface area contributed by atoms with Crippen LogP contribution < -0.4 is 4.74 Å². The fourth-order valence-electron chi connectivity index (χ4n) is 4.11. The second-order valence-corrected chi connectivity index (χ2v) is 8.19. The first-order chi connectivity index (χ1) is 15.7. The molecule has 0 bridgehead atoms. The minimum Gasteiger partial charge on any atom is -0.494 e. The third-order valence-electron chi connectivity index (χ3n) is 6.00. The molecule has 1 saturated heterocycles.